The normalized spacial score (nSPS) is 15.6. The number of hydrogen-bond donors (Lipinski definition) is 1. The number of fused-ring (bicyclic) bond motifs is 2. The third kappa shape index (κ3) is 2.67. The van der Waals surface area contributed by atoms with E-state index in [0.717, 1.165) is 5.39 Å². The lowest BCUT2D eigenvalue weighted by atomic mass is 9.87. The highest BCUT2D eigenvalue weighted by Gasteiger charge is 2.38. The Hall–Kier alpha value is -3.17. The lowest BCUT2D eigenvalue weighted by molar-refractivity contribution is -0.126. The van der Waals surface area contributed by atoms with Crippen LogP contribution < -0.4 is 15.2 Å². The van der Waals surface area contributed by atoms with E-state index in [0.29, 0.717) is 60.8 Å². The highest BCUT2D eigenvalue weighted by Crippen LogP contribution is 2.32. The summed E-state index contributed by atoms with van der Waals surface area (Å²) in [5.74, 6) is 1.61. The van der Waals surface area contributed by atoms with Gasteiger partial charge in [-0.3, -0.25) is 0 Å². The van der Waals surface area contributed by atoms with E-state index in [2.05, 4.69) is 15.1 Å². The molecular formula is C19H19N5O4. The Balaban J connectivity index is 1.50. The minimum Gasteiger partial charge on any atom is -0.480 e. The summed E-state index contributed by atoms with van der Waals surface area (Å²) in [6, 6.07) is 7.30. The number of nitrogens with zero attached hydrogens (tertiary/aromatic N) is 4. The maximum atomic E-state index is 5.97. The van der Waals surface area contributed by atoms with Crippen molar-refractivity contribution in [1.82, 2.24) is 19.6 Å². The average molecular weight is 381 g/mol. The van der Waals surface area contributed by atoms with Gasteiger partial charge in [0.1, 0.15) is 17.9 Å². The number of methoxy groups -OCH3 is 1. The van der Waals surface area contributed by atoms with Gasteiger partial charge in [0.05, 0.1) is 37.3 Å². The van der Waals surface area contributed by atoms with Crippen LogP contribution in [0.2, 0.25) is 0 Å². The number of aromatic nitrogens is 4. The molecule has 1 saturated heterocycles. The molecule has 2 N–H and O–H groups in total. The van der Waals surface area contributed by atoms with E-state index in [4.69, 9.17) is 24.4 Å². The molecule has 4 aromatic heterocycles. The second-order valence-electron chi connectivity index (χ2n) is 6.91. The molecule has 1 fully saturated rings. The molecule has 28 heavy (non-hydrogen) atoms. The van der Waals surface area contributed by atoms with Gasteiger partial charge >= 0.3 is 0 Å². The third-order valence-electron chi connectivity index (χ3n) is 4.97. The number of nitrogens with two attached hydrogens (primary N) is 1. The molecule has 0 atom stereocenters. The van der Waals surface area contributed by atoms with Crippen molar-refractivity contribution in [3.8, 4) is 23.2 Å². The van der Waals surface area contributed by atoms with Crippen LogP contribution in [0.25, 0.3) is 28.1 Å². The summed E-state index contributed by atoms with van der Waals surface area (Å²) in [5.41, 5.74) is 7.79. The molecular weight excluding hydrogens is 362 g/mol. The molecule has 9 heteroatoms. The van der Waals surface area contributed by atoms with Crippen molar-refractivity contribution in [2.75, 3.05) is 33.5 Å². The molecule has 5 heterocycles. The van der Waals surface area contributed by atoms with Crippen molar-refractivity contribution in [1.29, 1.82) is 0 Å². The highest BCUT2D eigenvalue weighted by atomic mass is 16.5. The first-order valence-corrected chi connectivity index (χ1v) is 8.90. The molecule has 9 nitrogen and oxygen atoms in total. The summed E-state index contributed by atoms with van der Waals surface area (Å²) >= 11 is 0. The standard InChI is InChI=1S/C19H19N5O4/c1-25-18-12-6-15(28-14(12)4-5-21-18)13-7-22-16-2-3-17(23-24(13)16)27-11-19(8-20)9-26-10-19/h2-7H,8-11,20H2,1H3. The number of furan rings is 1. The minimum absolute atomic E-state index is 0.128. The molecule has 0 aromatic carbocycles. The third-order valence-corrected chi connectivity index (χ3v) is 4.97. The van der Waals surface area contributed by atoms with Crippen molar-refractivity contribution in [3.63, 3.8) is 0 Å². The molecule has 1 aliphatic heterocycles. The van der Waals surface area contributed by atoms with Gasteiger partial charge in [-0.1, -0.05) is 0 Å². The summed E-state index contributed by atoms with van der Waals surface area (Å²) in [5, 5.41) is 5.35. The van der Waals surface area contributed by atoms with Crippen LogP contribution in [0, 0.1) is 5.41 Å². The van der Waals surface area contributed by atoms with Gasteiger partial charge in [-0.05, 0) is 12.1 Å². The molecule has 5 rings (SSSR count). The second kappa shape index (κ2) is 6.47. The van der Waals surface area contributed by atoms with E-state index in [9.17, 15) is 0 Å². The number of pyridine rings is 1. The number of imidazole rings is 1. The van der Waals surface area contributed by atoms with Crippen LogP contribution in [-0.4, -0.2) is 53.1 Å². The summed E-state index contributed by atoms with van der Waals surface area (Å²) < 4.78 is 24.1. The minimum atomic E-state index is -0.128. The van der Waals surface area contributed by atoms with Crippen LogP contribution in [0.3, 0.4) is 0 Å². The summed E-state index contributed by atoms with van der Waals surface area (Å²) in [4.78, 5) is 8.60. The topological polar surface area (TPSA) is 110 Å². The summed E-state index contributed by atoms with van der Waals surface area (Å²) in [6.45, 7) is 2.19. The predicted octanol–water partition coefficient (Wildman–Crippen LogP) is 1.90. The van der Waals surface area contributed by atoms with Gasteiger partial charge in [-0.25, -0.2) is 14.5 Å². The van der Waals surface area contributed by atoms with Crippen LogP contribution in [0.4, 0.5) is 0 Å². The SMILES string of the molecule is COc1nccc2oc(-c3cnc4ccc(OCC5(CN)COC5)nn34)cc12. The zero-order valence-corrected chi connectivity index (χ0v) is 15.3. The molecule has 1 aliphatic rings. The quantitative estimate of drug-likeness (QED) is 0.539. The molecule has 4 aromatic rings. The Morgan fingerprint density at radius 1 is 1.25 bits per heavy atom. The van der Waals surface area contributed by atoms with Crippen molar-refractivity contribution < 1.29 is 18.6 Å². The van der Waals surface area contributed by atoms with E-state index in [1.54, 1.807) is 36.2 Å². The van der Waals surface area contributed by atoms with E-state index < -0.39 is 0 Å². The Morgan fingerprint density at radius 2 is 2.14 bits per heavy atom. The lowest BCUT2D eigenvalue weighted by Crippen LogP contribution is -2.52. The Bertz CT molecular complexity index is 1140. The van der Waals surface area contributed by atoms with Gasteiger partial charge in [0, 0.05) is 24.9 Å². The summed E-state index contributed by atoms with van der Waals surface area (Å²) in [6.07, 6.45) is 3.36. The van der Waals surface area contributed by atoms with E-state index >= 15 is 0 Å². The highest BCUT2D eigenvalue weighted by molar-refractivity contribution is 5.86. The van der Waals surface area contributed by atoms with E-state index in [1.165, 1.54) is 0 Å². The maximum absolute atomic E-state index is 5.97. The van der Waals surface area contributed by atoms with Gasteiger partial charge < -0.3 is 24.4 Å². The second-order valence-corrected chi connectivity index (χ2v) is 6.91. The number of ether oxygens (including phenoxy) is 3. The lowest BCUT2D eigenvalue weighted by Gasteiger charge is -2.39. The van der Waals surface area contributed by atoms with Crippen LogP contribution >= 0.6 is 0 Å². The predicted molar refractivity (Wildman–Crippen MR) is 100 cm³/mol. The summed E-state index contributed by atoms with van der Waals surface area (Å²) in [7, 11) is 1.58. The molecule has 0 amide bonds. The van der Waals surface area contributed by atoms with Crippen LogP contribution in [0.5, 0.6) is 11.8 Å². The molecule has 0 radical (unpaired) electrons. The molecule has 0 bridgehead atoms. The Labute approximate surface area is 160 Å². The molecule has 144 valence electrons. The van der Waals surface area contributed by atoms with Gasteiger partial charge in [-0.15, -0.1) is 5.10 Å². The zero-order valence-electron chi connectivity index (χ0n) is 15.3. The molecule has 0 unspecified atom stereocenters. The first-order chi connectivity index (χ1) is 13.7. The van der Waals surface area contributed by atoms with Gasteiger partial charge in [-0.2, -0.15) is 0 Å². The van der Waals surface area contributed by atoms with Crippen molar-refractivity contribution in [2.24, 2.45) is 11.1 Å². The van der Waals surface area contributed by atoms with Crippen LogP contribution in [0.1, 0.15) is 0 Å². The van der Waals surface area contributed by atoms with Gasteiger partial charge in [0.15, 0.2) is 11.4 Å². The Kier molecular flexibility index (Phi) is 3.92. The molecule has 0 spiro atoms. The fourth-order valence-electron chi connectivity index (χ4n) is 3.21. The van der Waals surface area contributed by atoms with E-state index in [1.807, 2.05) is 12.1 Å². The van der Waals surface area contributed by atoms with E-state index in [-0.39, 0.29) is 5.41 Å². The monoisotopic (exact) mass is 381 g/mol. The fourth-order valence-corrected chi connectivity index (χ4v) is 3.21. The first-order valence-electron chi connectivity index (χ1n) is 8.90. The van der Waals surface area contributed by atoms with Crippen molar-refractivity contribution >= 4 is 16.6 Å². The van der Waals surface area contributed by atoms with Gasteiger partial charge in [0.25, 0.3) is 0 Å². The van der Waals surface area contributed by atoms with Gasteiger partial charge in [0.2, 0.25) is 11.8 Å². The smallest absolute Gasteiger partial charge is 0.231 e. The first kappa shape index (κ1) is 17.0. The molecule has 0 aliphatic carbocycles. The largest absolute Gasteiger partial charge is 0.480 e. The number of hydrogen-bond acceptors (Lipinski definition) is 8. The van der Waals surface area contributed by atoms with Crippen LogP contribution in [-0.2, 0) is 4.74 Å². The van der Waals surface area contributed by atoms with Crippen molar-refractivity contribution in [2.45, 2.75) is 0 Å². The zero-order chi connectivity index (χ0) is 19.1. The average Bonchev–Trinajstić information content (AvgIpc) is 3.30. The Morgan fingerprint density at radius 3 is 2.89 bits per heavy atom. The molecule has 0 saturated carbocycles. The fraction of sp³-hybridized carbons (Fsp3) is 0.316. The van der Waals surface area contributed by atoms with Crippen LogP contribution in [0.15, 0.2) is 41.1 Å². The number of rotatable bonds is 6. The van der Waals surface area contributed by atoms with Crippen molar-refractivity contribution in [3.05, 3.63) is 36.7 Å². The maximum Gasteiger partial charge on any atom is 0.231 e.